The van der Waals surface area contributed by atoms with Crippen molar-refractivity contribution in [3.63, 3.8) is 0 Å². The van der Waals surface area contributed by atoms with E-state index in [-0.39, 0.29) is 24.5 Å². The van der Waals surface area contributed by atoms with Crippen LogP contribution in [0.5, 0.6) is 28.7 Å². The first-order valence-electron chi connectivity index (χ1n) is 11.3. The van der Waals surface area contributed by atoms with Gasteiger partial charge < -0.3 is 33.8 Å². The molecule has 0 saturated carbocycles. The molecule has 5 rings (SSSR count). The third kappa shape index (κ3) is 3.46. The zero-order valence-electron chi connectivity index (χ0n) is 19.7. The van der Waals surface area contributed by atoms with E-state index in [1.54, 1.807) is 21.3 Å². The predicted octanol–water partition coefficient (Wildman–Crippen LogP) is 3.08. The summed E-state index contributed by atoms with van der Waals surface area (Å²) in [7, 11) is 4.72. The normalized spacial score (nSPS) is 21.6. The number of fused-ring (bicyclic) bond motifs is 4. The van der Waals surface area contributed by atoms with Gasteiger partial charge in [-0.1, -0.05) is 12.1 Å². The van der Waals surface area contributed by atoms with Gasteiger partial charge in [-0.15, -0.1) is 0 Å². The summed E-state index contributed by atoms with van der Waals surface area (Å²) in [4.78, 5) is 19.1. The molecule has 34 heavy (non-hydrogen) atoms. The number of benzene rings is 2. The van der Waals surface area contributed by atoms with Gasteiger partial charge in [-0.05, 0) is 41.8 Å². The first-order chi connectivity index (χ1) is 16.6. The molecule has 1 amide bonds. The van der Waals surface area contributed by atoms with E-state index in [4.69, 9.17) is 28.5 Å². The minimum atomic E-state index is -0.455. The smallest absolute Gasteiger partial charge is 0.231 e. The molecule has 9 heteroatoms. The summed E-state index contributed by atoms with van der Waals surface area (Å²) in [6.07, 6.45) is 0.838. The highest BCUT2D eigenvalue weighted by Crippen LogP contribution is 2.51. The van der Waals surface area contributed by atoms with Crippen molar-refractivity contribution in [2.75, 3.05) is 41.3 Å². The molecule has 0 spiro atoms. The SMILES string of the molecule is CCCNC(=O)[C@H]1C2CON=C2c2cc3c(cc2[C@H]1c1cc(OC)c(OC)c(OC)c1)OCO3. The lowest BCUT2D eigenvalue weighted by Gasteiger charge is -2.37. The van der Waals surface area contributed by atoms with E-state index in [1.165, 1.54) is 0 Å². The third-order valence-corrected chi connectivity index (χ3v) is 6.61. The average Bonchev–Trinajstić information content (AvgIpc) is 3.53. The van der Waals surface area contributed by atoms with Crippen molar-refractivity contribution in [2.24, 2.45) is 17.0 Å². The highest BCUT2D eigenvalue weighted by Gasteiger charge is 2.49. The molecule has 180 valence electrons. The van der Waals surface area contributed by atoms with E-state index in [0.717, 1.165) is 28.8 Å². The number of hydrogen-bond donors (Lipinski definition) is 1. The molecule has 2 heterocycles. The van der Waals surface area contributed by atoms with Gasteiger partial charge in [-0.2, -0.15) is 0 Å². The Morgan fingerprint density at radius 1 is 1.06 bits per heavy atom. The van der Waals surface area contributed by atoms with Crippen LogP contribution in [0.1, 0.15) is 36.0 Å². The van der Waals surface area contributed by atoms with Crippen molar-refractivity contribution in [1.29, 1.82) is 0 Å². The lowest BCUT2D eigenvalue weighted by Crippen LogP contribution is -2.45. The molecule has 2 aliphatic heterocycles. The number of amides is 1. The molecule has 1 unspecified atom stereocenters. The number of nitrogens with one attached hydrogen (secondary N) is 1. The van der Waals surface area contributed by atoms with Gasteiger partial charge in [0.05, 0.1) is 38.9 Å². The maximum Gasteiger partial charge on any atom is 0.231 e. The number of hydrogen-bond acceptors (Lipinski definition) is 8. The summed E-state index contributed by atoms with van der Waals surface area (Å²) in [6.45, 7) is 3.10. The van der Waals surface area contributed by atoms with E-state index >= 15 is 0 Å². The van der Waals surface area contributed by atoms with Crippen LogP contribution < -0.4 is 29.0 Å². The van der Waals surface area contributed by atoms with E-state index in [9.17, 15) is 4.79 Å². The number of nitrogens with zero attached hydrogens (tertiary/aromatic N) is 1. The van der Waals surface area contributed by atoms with Crippen molar-refractivity contribution in [2.45, 2.75) is 19.3 Å². The second kappa shape index (κ2) is 8.96. The molecule has 9 nitrogen and oxygen atoms in total. The van der Waals surface area contributed by atoms with Crippen LogP contribution in [0.3, 0.4) is 0 Å². The molecule has 1 aliphatic carbocycles. The van der Waals surface area contributed by atoms with Gasteiger partial charge in [-0.3, -0.25) is 4.79 Å². The van der Waals surface area contributed by atoms with Crippen LogP contribution in [0.25, 0.3) is 0 Å². The zero-order chi connectivity index (χ0) is 23.8. The summed E-state index contributed by atoms with van der Waals surface area (Å²) in [6, 6.07) is 7.68. The van der Waals surface area contributed by atoms with Crippen LogP contribution in [0.2, 0.25) is 0 Å². The lowest BCUT2D eigenvalue weighted by atomic mass is 9.65. The molecule has 0 aromatic heterocycles. The summed E-state index contributed by atoms with van der Waals surface area (Å²) >= 11 is 0. The Hall–Kier alpha value is -3.62. The fraction of sp³-hybridized carbons (Fsp3) is 0.440. The van der Waals surface area contributed by atoms with Crippen LogP contribution in [0.15, 0.2) is 29.4 Å². The summed E-state index contributed by atoms with van der Waals surface area (Å²) in [5.74, 6) is 1.79. The highest BCUT2D eigenvalue weighted by molar-refractivity contribution is 6.08. The highest BCUT2D eigenvalue weighted by atomic mass is 16.7. The number of methoxy groups -OCH3 is 3. The minimum Gasteiger partial charge on any atom is -0.493 e. The molecule has 3 atom stereocenters. The van der Waals surface area contributed by atoms with Gasteiger partial charge in [0.1, 0.15) is 6.61 Å². The van der Waals surface area contributed by atoms with E-state index in [0.29, 0.717) is 41.9 Å². The Balaban J connectivity index is 1.73. The van der Waals surface area contributed by atoms with E-state index in [1.807, 2.05) is 31.2 Å². The molecule has 2 aromatic carbocycles. The third-order valence-electron chi connectivity index (χ3n) is 6.61. The Morgan fingerprint density at radius 2 is 1.76 bits per heavy atom. The molecule has 0 radical (unpaired) electrons. The quantitative estimate of drug-likeness (QED) is 0.667. The van der Waals surface area contributed by atoms with Gasteiger partial charge in [0.25, 0.3) is 0 Å². The van der Waals surface area contributed by atoms with Gasteiger partial charge in [0.15, 0.2) is 23.0 Å². The summed E-state index contributed by atoms with van der Waals surface area (Å²) in [5, 5.41) is 7.42. The van der Waals surface area contributed by atoms with Gasteiger partial charge in [-0.25, -0.2) is 0 Å². The zero-order valence-corrected chi connectivity index (χ0v) is 19.7. The van der Waals surface area contributed by atoms with Gasteiger partial charge in [0.2, 0.25) is 18.4 Å². The molecule has 0 saturated heterocycles. The van der Waals surface area contributed by atoms with Gasteiger partial charge in [0, 0.05) is 18.0 Å². The molecule has 0 fully saturated rings. The van der Waals surface area contributed by atoms with Crippen LogP contribution in [0.4, 0.5) is 0 Å². The minimum absolute atomic E-state index is 0.0490. The predicted molar refractivity (Wildman–Crippen MR) is 123 cm³/mol. The molecule has 2 aromatic rings. The van der Waals surface area contributed by atoms with Gasteiger partial charge >= 0.3 is 0 Å². The first kappa shape index (κ1) is 22.2. The number of rotatable bonds is 7. The number of ether oxygens (including phenoxy) is 5. The lowest BCUT2D eigenvalue weighted by molar-refractivity contribution is -0.126. The van der Waals surface area contributed by atoms with Crippen LogP contribution >= 0.6 is 0 Å². The monoisotopic (exact) mass is 468 g/mol. The largest absolute Gasteiger partial charge is 0.493 e. The molecular formula is C25H28N2O7. The fourth-order valence-electron chi connectivity index (χ4n) is 5.09. The molecular weight excluding hydrogens is 440 g/mol. The van der Waals surface area contributed by atoms with Crippen molar-refractivity contribution >= 4 is 11.6 Å². The van der Waals surface area contributed by atoms with Crippen LogP contribution in [-0.4, -0.2) is 52.9 Å². The van der Waals surface area contributed by atoms with Crippen molar-refractivity contribution in [3.8, 4) is 28.7 Å². The van der Waals surface area contributed by atoms with Crippen LogP contribution in [0, 0.1) is 11.8 Å². The van der Waals surface area contributed by atoms with Crippen molar-refractivity contribution in [1.82, 2.24) is 5.32 Å². The van der Waals surface area contributed by atoms with E-state index < -0.39 is 5.92 Å². The van der Waals surface area contributed by atoms with Crippen LogP contribution in [-0.2, 0) is 9.63 Å². The fourth-order valence-corrected chi connectivity index (χ4v) is 5.09. The number of oxime groups is 1. The summed E-state index contributed by atoms with van der Waals surface area (Å²) < 4.78 is 28.1. The van der Waals surface area contributed by atoms with Crippen molar-refractivity contribution < 1.29 is 33.3 Å². The topological polar surface area (TPSA) is 96.8 Å². The maximum atomic E-state index is 13.6. The Morgan fingerprint density at radius 3 is 2.41 bits per heavy atom. The first-order valence-corrected chi connectivity index (χ1v) is 11.3. The van der Waals surface area contributed by atoms with Crippen molar-refractivity contribution in [3.05, 3.63) is 41.0 Å². The summed E-state index contributed by atoms with van der Waals surface area (Å²) in [5.41, 5.74) is 3.42. The Labute approximate surface area is 197 Å². The molecule has 0 bridgehead atoms. The standard InChI is InChI=1S/C25H28N2O7/c1-5-6-26-25(28)22-16-11-34-27-23(16)15-10-18-17(32-12-33-18)9-14(15)21(22)13-7-19(29-2)24(31-4)20(8-13)30-3/h7-10,16,21-22H,5-6,11-12H2,1-4H3,(H,26,28)/t16?,21-,22+/m1/s1. The maximum absolute atomic E-state index is 13.6. The molecule has 3 aliphatic rings. The second-order valence-electron chi connectivity index (χ2n) is 8.42. The van der Waals surface area contributed by atoms with E-state index in [2.05, 4.69) is 10.5 Å². The Kier molecular flexibility index (Phi) is 5.85. The number of carbonyl (C=O) groups excluding carboxylic acids is 1. The second-order valence-corrected chi connectivity index (χ2v) is 8.42. The average molecular weight is 469 g/mol. The number of carbonyl (C=O) groups is 1. The molecule has 1 N–H and O–H groups in total. The Bertz CT molecular complexity index is 1120.